The van der Waals surface area contributed by atoms with Crippen molar-refractivity contribution < 1.29 is 9.18 Å². The van der Waals surface area contributed by atoms with Gasteiger partial charge >= 0.3 is 0 Å². The highest BCUT2D eigenvalue weighted by molar-refractivity contribution is 6.10. The summed E-state index contributed by atoms with van der Waals surface area (Å²) < 4.78 is 14.1. The Morgan fingerprint density at radius 1 is 1.17 bits per heavy atom. The maximum atomic E-state index is 14.1. The first-order valence-electron chi connectivity index (χ1n) is 10.6. The van der Waals surface area contributed by atoms with Gasteiger partial charge < -0.3 is 16.0 Å². The molecule has 0 radical (unpaired) electrons. The van der Waals surface area contributed by atoms with Gasteiger partial charge in [-0.3, -0.25) is 9.69 Å². The number of likely N-dealkylation sites (tertiary alicyclic amines) is 1. The third-order valence-corrected chi connectivity index (χ3v) is 6.52. The standard InChI is InChI=1S/C24H27FN4O/c1-24(26)7-10-29(11-8-24)14-15-2-4-16(5-3-15)22-18-6-9-27-23(30)19-12-17(25)13-20(28-22)21(18)19/h2-5,12-13,28H,6-11,14,26H2,1H3,(H,27,30). The lowest BCUT2D eigenvalue weighted by Crippen LogP contribution is -2.47. The minimum Gasteiger partial charge on any atom is -0.354 e. The normalized spacial score (nSPS) is 19.0. The molecule has 1 amide bonds. The van der Waals surface area contributed by atoms with Crippen LogP contribution >= 0.6 is 0 Å². The summed E-state index contributed by atoms with van der Waals surface area (Å²) in [6.45, 7) is 5.65. The van der Waals surface area contributed by atoms with Gasteiger partial charge in [0.15, 0.2) is 0 Å². The van der Waals surface area contributed by atoms with E-state index in [4.69, 9.17) is 5.73 Å². The van der Waals surface area contributed by atoms with E-state index < -0.39 is 5.82 Å². The Hall–Kier alpha value is -2.70. The van der Waals surface area contributed by atoms with E-state index in [-0.39, 0.29) is 11.4 Å². The number of aromatic amines is 1. The fourth-order valence-electron chi connectivity index (χ4n) is 4.69. The first-order valence-corrected chi connectivity index (χ1v) is 10.6. The van der Waals surface area contributed by atoms with Crippen LogP contribution in [0, 0.1) is 5.82 Å². The molecule has 1 aromatic heterocycles. The van der Waals surface area contributed by atoms with Crippen LogP contribution in [0.1, 0.15) is 41.3 Å². The van der Waals surface area contributed by atoms with Crippen LogP contribution < -0.4 is 11.1 Å². The van der Waals surface area contributed by atoms with Crippen molar-refractivity contribution in [2.75, 3.05) is 19.6 Å². The molecule has 2 aromatic carbocycles. The molecule has 5 rings (SSSR count). The number of H-pyrrole nitrogens is 1. The molecule has 1 fully saturated rings. The Morgan fingerprint density at radius 2 is 1.90 bits per heavy atom. The van der Waals surface area contributed by atoms with Gasteiger partial charge in [0.25, 0.3) is 5.91 Å². The predicted molar refractivity (Wildman–Crippen MR) is 117 cm³/mol. The highest BCUT2D eigenvalue weighted by Gasteiger charge is 2.26. The molecule has 0 spiro atoms. The number of benzene rings is 2. The van der Waals surface area contributed by atoms with E-state index in [9.17, 15) is 9.18 Å². The number of amides is 1. The molecule has 0 saturated carbocycles. The molecule has 30 heavy (non-hydrogen) atoms. The fourth-order valence-corrected chi connectivity index (χ4v) is 4.69. The molecule has 2 aliphatic rings. The van der Waals surface area contributed by atoms with E-state index in [1.165, 1.54) is 17.7 Å². The Labute approximate surface area is 175 Å². The van der Waals surface area contributed by atoms with Gasteiger partial charge in [-0.05, 0) is 55.0 Å². The number of rotatable bonds is 3. The van der Waals surface area contributed by atoms with Crippen molar-refractivity contribution in [3.05, 3.63) is 58.9 Å². The second kappa shape index (κ2) is 7.22. The van der Waals surface area contributed by atoms with E-state index in [0.717, 1.165) is 54.7 Å². The van der Waals surface area contributed by atoms with Gasteiger partial charge in [-0.2, -0.15) is 0 Å². The number of carbonyl (C=O) groups is 1. The van der Waals surface area contributed by atoms with Crippen molar-refractivity contribution in [3.8, 4) is 11.3 Å². The molecular formula is C24H27FN4O. The van der Waals surface area contributed by atoms with Crippen molar-refractivity contribution in [2.45, 2.75) is 38.3 Å². The van der Waals surface area contributed by atoms with Crippen LogP contribution in [0.25, 0.3) is 22.2 Å². The lowest BCUT2D eigenvalue weighted by Gasteiger charge is -2.36. The molecule has 4 N–H and O–H groups in total. The first kappa shape index (κ1) is 19.3. The Bertz CT molecular complexity index is 1110. The van der Waals surface area contributed by atoms with E-state index in [2.05, 4.69) is 46.4 Å². The lowest BCUT2D eigenvalue weighted by molar-refractivity contribution is 0.0957. The summed E-state index contributed by atoms with van der Waals surface area (Å²) in [7, 11) is 0. The summed E-state index contributed by atoms with van der Waals surface area (Å²) in [5.41, 5.74) is 11.7. The average Bonchev–Trinajstić information content (AvgIpc) is 2.98. The van der Waals surface area contributed by atoms with Crippen LogP contribution in [0.2, 0.25) is 0 Å². The third-order valence-electron chi connectivity index (χ3n) is 6.52. The number of carbonyl (C=O) groups excluding carboxylic acids is 1. The highest BCUT2D eigenvalue weighted by Crippen LogP contribution is 2.35. The van der Waals surface area contributed by atoms with Crippen molar-refractivity contribution >= 4 is 16.8 Å². The Morgan fingerprint density at radius 3 is 2.63 bits per heavy atom. The Kier molecular flexibility index (Phi) is 4.64. The molecule has 0 atom stereocenters. The van der Waals surface area contributed by atoms with Gasteiger partial charge in [-0.15, -0.1) is 0 Å². The zero-order valence-corrected chi connectivity index (χ0v) is 17.2. The molecular weight excluding hydrogens is 379 g/mol. The molecule has 2 aliphatic heterocycles. The van der Waals surface area contributed by atoms with E-state index >= 15 is 0 Å². The summed E-state index contributed by atoms with van der Waals surface area (Å²) in [6.07, 6.45) is 2.76. The smallest absolute Gasteiger partial charge is 0.252 e. The van der Waals surface area contributed by atoms with Crippen LogP contribution in [0.15, 0.2) is 36.4 Å². The summed E-state index contributed by atoms with van der Waals surface area (Å²) in [5.74, 6) is -0.617. The van der Waals surface area contributed by atoms with Crippen molar-refractivity contribution in [1.29, 1.82) is 0 Å². The predicted octanol–water partition coefficient (Wildman–Crippen LogP) is 3.57. The number of hydrogen-bond acceptors (Lipinski definition) is 3. The van der Waals surface area contributed by atoms with Gasteiger partial charge in [-0.1, -0.05) is 24.3 Å². The molecule has 0 unspecified atom stereocenters. The zero-order chi connectivity index (χ0) is 20.9. The van der Waals surface area contributed by atoms with Crippen molar-refractivity contribution in [2.24, 2.45) is 5.73 Å². The molecule has 3 heterocycles. The van der Waals surface area contributed by atoms with Crippen LogP contribution in [0.3, 0.4) is 0 Å². The second-order valence-electron chi connectivity index (χ2n) is 8.99. The van der Waals surface area contributed by atoms with Crippen LogP contribution in [0.4, 0.5) is 4.39 Å². The second-order valence-corrected chi connectivity index (χ2v) is 8.99. The largest absolute Gasteiger partial charge is 0.354 e. The first-order chi connectivity index (χ1) is 14.4. The number of nitrogens with two attached hydrogens (primary N) is 1. The lowest BCUT2D eigenvalue weighted by atomic mass is 9.91. The van der Waals surface area contributed by atoms with Gasteiger partial charge in [-0.25, -0.2) is 4.39 Å². The van der Waals surface area contributed by atoms with Gasteiger partial charge in [0, 0.05) is 48.3 Å². The topological polar surface area (TPSA) is 74.2 Å². The highest BCUT2D eigenvalue weighted by atomic mass is 19.1. The fraction of sp³-hybridized carbons (Fsp3) is 0.375. The average molecular weight is 407 g/mol. The quantitative estimate of drug-likeness (QED) is 0.623. The van der Waals surface area contributed by atoms with Gasteiger partial charge in [0.05, 0.1) is 5.56 Å². The minimum absolute atomic E-state index is 0.0371. The van der Waals surface area contributed by atoms with Crippen molar-refractivity contribution in [3.63, 3.8) is 0 Å². The van der Waals surface area contributed by atoms with E-state index in [1.54, 1.807) is 0 Å². The van der Waals surface area contributed by atoms with Crippen LogP contribution in [-0.2, 0) is 13.0 Å². The number of nitrogens with zero attached hydrogens (tertiary/aromatic N) is 1. The monoisotopic (exact) mass is 406 g/mol. The number of halogens is 1. The molecule has 6 heteroatoms. The maximum absolute atomic E-state index is 14.1. The minimum atomic E-state index is -0.403. The number of piperidine rings is 1. The number of aromatic nitrogens is 1. The number of nitrogens with one attached hydrogen (secondary N) is 2. The summed E-state index contributed by atoms with van der Waals surface area (Å²) in [5, 5.41) is 3.71. The zero-order valence-electron chi connectivity index (χ0n) is 17.2. The van der Waals surface area contributed by atoms with Crippen LogP contribution in [-0.4, -0.2) is 41.0 Å². The van der Waals surface area contributed by atoms with Gasteiger partial charge in [0.1, 0.15) is 5.82 Å². The molecule has 156 valence electrons. The van der Waals surface area contributed by atoms with E-state index in [0.29, 0.717) is 24.0 Å². The summed E-state index contributed by atoms with van der Waals surface area (Å²) >= 11 is 0. The van der Waals surface area contributed by atoms with Gasteiger partial charge in [0.2, 0.25) is 0 Å². The summed E-state index contributed by atoms with van der Waals surface area (Å²) in [4.78, 5) is 18.2. The van der Waals surface area contributed by atoms with E-state index in [1.807, 2.05) is 0 Å². The molecule has 5 nitrogen and oxygen atoms in total. The maximum Gasteiger partial charge on any atom is 0.252 e. The van der Waals surface area contributed by atoms with Crippen molar-refractivity contribution in [1.82, 2.24) is 15.2 Å². The van der Waals surface area contributed by atoms with Crippen LogP contribution in [0.5, 0.6) is 0 Å². The number of hydrogen-bond donors (Lipinski definition) is 3. The third kappa shape index (κ3) is 3.50. The molecule has 1 saturated heterocycles. The Balaban J connectivity index is 1.44. The summed E-state index contributed by atoms with van der Waals surface area (Å²) in [6, 6.07) is 11.3. The molecule has 0 aliphatic carbocycles. The SMILES string of the molecule is CC1(N)CCN(Cc2ccc(-c3[nH]c4cc(F)cc5c4c3CCNC5=O)cc2)CC1. The molecule has 3 aromatic rings. The molecule has 0 bridgehead atoms.